The lowest BCUT2D eigenvalue weighted by molar-refractivity contribution is -0.307. The molecule has 15 heteroatoms. The van der Waals surface area contributed by atoms with Gasteiger partial charge in [-0.3, -0.25) is 4.79 Å². The maximum absolute atomic E-state index is 12.8. The number of rotatable bonds is 7. The molecule has 3 heterocycles. The summed E-state index contributed by atoms with van der Waals surface area (Å²) < 4.78 is 32.6. The Balaban J connectivity index is 1.36. The van der Waals surface area contributed by atoms with Crippen LogP contribution in [0.3, 0.4) is 0 Å². The second-order valence-corrected chi connectivity index (χ2v) is 9.89. The highest BCUT2D eigenvalue weighted by Gasteiger charge is 2.46. The molecule has 0 saturated carbocycles. The fourth-order valence-corrected chi connectivity index (χ4v) is 4.70. The maximum atomic E-state index is 12.8. The van der Waals surface area contributed by atoms with Crippen LogP contribution in [0.1, 0.15) is 0 Å². The van der Waals surface area contributed by atoms with Crippen LogP contribution in [0.15, 0.2) is 45.6 Å². The van der Waals surface area contributed by atoms with E-state index < -0.39 is 73.1 Å². The quantitative estimate of drug-likeness (QED) is 0.156. The van der Waals surface area contributed by atoms with E-state index in [1.807, 2.05) is 0 Å². The Hall–Kier alpha value is -3.51. The molecule has 0 radical (unpaired) electrons. The number of aromatic hydroxyl groups is 2. The van der Waals surface area contributed by atoms with Gasteiger partial charge < -0.3 is 69.0 Å². The monoisotopic (exact) mass is 594 g/mol. The van der Waals surface area contributed by atoms with Crippen LogP contribution in [-0.2, 0) is 14.2 Å². The molecule has 42 heavy (non-hydrogen) atoms. The topological polar surface area (TPSA) is 238 Å². The van der Waals surface area contributed by atoms with Crippen molar-refractivity contribution in [1.29, 1.82) is 0 Å². The fraction of sp³-hybridized carbons (Fsp3) is 0.444. The first-order valence-corrected chi connectivity index (χ1v) is 12.8. The van der Waals surface area contributed by atoms with Gasteiger partial charge in [0.15, 0.2) is 23.2 Å². The Bertz CT molecular complexity index is 1470. The first-order valence-electron chi connectivity index (χ1n) is 12.8. The Kier molecular flexibility index (Phi) is 8.56. The van der Waals surface area contributed by atoms with Crippen molar-refractivity contribution in [1.82, 2.24) is 0 Å². The third-order valence-corrected chi connectivity index (χ3v) is 7.05. The second kappa shape index (κ2) is 12.0. The second-order valence-electron chi connectivity index (χ2n) is 9.89. The highest BCUT2D eigenvalue weighted by molar-refractivity contribution is 5.86. The summed E-state index contributed by atoms with van der Waals surface area (Å²) in [5.41, 5.74) is -0.379. The van der Waals surface area contributed by atoms with Gasteiger partial charge in [0, 0.05) is 23.8 Å². The molecule has 2 aromatic carbocycles. The molecule has 1 aromatic heterocycles. The molecule has 5 rings (SSSR count). The van der Waals surface area contributed by atoms with E-state index in [0.29, 0.717) is 5.56 Å². The number of fused-ring (bicyclic) bond motifs is 1. The van der Waals surface area contributed by atoms with E-state index in [-0.39, 0.29) is 40.6 Å². The summed E-state index contributed by atoms with van der Waals surface area (Å²) in [6.45, 7) is -0.821. The van der Waals surface area contributed by atoms with Gasteiger partial charge in [0.05, 0.1) is 20.3 Å². The van der Waals surface area contributed by atoms with Crippen molar-refractivity contribution in [2.24, 2.45) is 0 Å². The van der Waals surface area contributed by atoms with Gasteiger partial charge in [0.25, 0.3) is 0 Å². The smallest absolute Gasteiger partial charge is 0.229 e. The van der Waals surface area contributed by atoms with Gasteiger partial charge in [-0.25, -0.2) is 0 Å². The summed E-state index contributed by atoms with van der Waals surface area (Å²) in [6, 6.07) is 7.78. The fourth-order valence-electron chi connectivity index (χ4n) is 4.70. The number of ether oxygens (including phenoxy) is 5. The number of phenolic OH excluding ortho intramolecular Hbond substituents is 2. The molecular formula is C27H30O15. The first kappa shape index (κ1) is 30.0. The molecule has 8 N–H and O–H groups in total. The lowest BCUT2D eigenvalue weighted by atomic mass is 9.99. The zero-order valence-corrected chi connectivity index (χ0v) is 22.0. The first-order chi connectivity index (χ1) is 20.0. The number of benzene rings is 2. The highest BCUT2D eigenvalue weighted by atomic mass is 16.7. The third-order valence-electron chi connectivity index (χ3n) is 7.05. The highest BCUT2D eigenvalue weighted by Crippen LogP contribution is 2.35. The van der Waals surface area contributed by atoms with Crippen LogP contribution < -0.4 is 14.9 Å². The minimum atomic E-state index is -1.77. The molecular weight excluding hydrogens is 564 g/mol. The maximum Gasteiger partial charge on any atom is 0.229 e. The van der Waals surface area contributed by atoms with Crippen molar-refractivity contribution in [3.05, 3.63) is 46.6 Å². The average Bonchev–Trinajstić information content (AvgIpc) is 2.96. The predicted octanol–water partition coefficient (Wildman–Crippen LogP) is -1.48. The molecule has 0 bridgehead atoms. The Morgan fingerprint density at radius 1 is 0.857 bits per heavy atom. The number of methoxy groups -OCH3 is 1. The van der Waals surface area contributed by atoms with E-state index in [9.17, 15) is 45.6 Å². The number of aliphatic hydroxyl groups excluding tert-OH is 6. The van der Waals surface area contributed by atoms with E-state index in [1.54, 1.807) is 6.07 Å². The van der Waals surface area contributed by atoms with Gasteiger partial charge >= 0.3 is 0 Å². The standard InChI is InChI=1S/C27H30O15/c1-37-16-3-2-10(4-12(16)28)17-7-14(30)20-13(29)5-11(6-18(20)41-17)40-27-25(36)23(34)22(33)19(42-27)9-39-26-24(35)21(32)15(31)8-38-26/h2-7,15,19,21-29,31-36H,8-9H2,1H3/t15-,19-,21+,22-,23+,24-,25-,26?,27-/m1/s1. The Morgan fingerprint density at radius 2 is 1.60 bits per heavy atom. The van der Waals surface area contributed by atoms with Crippen LogP contribution >= 0.6 is 0 Å². The summed E-state index contributed by atoms with van der Waals surface area (Å²) in [5.74, 6) is -0.602. The van der Waals surface area contributed by atoms with Gasteiger partial charge in [0.2, 0.25) is 6.29 Å². The van der Waals surface area contributed by atoms with Gasteiger partial charge in [-0.15, -0.1) is 0 Å². The zero-order valence-electron chi connectivity index (χ0n) is 22.0. The average molecular weight is 595 g/mol. The van der Waals surface area contributed by atoms with Crippen molar-refractivity contribution in [2.75, 3.05) is 20.3 Å². The zero-order chi connectivity index (χ0) is 30.3. The molecule has 15 nitrogen and oxygen atoms in total. The molecule has 9 atom stereocenters. The number of hydrogen-bond donors (Lipinski definition) is 8. The summed E-state index contributed by atoms with van der Waals surface area (Å²) in [5, 5.41) is 81.3. The number of aliphatic hydroxyl groups is 6. The van der Waals surface area contributed by atoms with E-state index in [1.165, 1.54) is 25.3 Å². The minimum absolute atomic E-state index is 0.0523. The summed E-state index contributed by atoms with van der Waals surface area (Å²) in [6.07, 6.45) is -14.0. The van der Waals surface area contributed by atoms with Crippen molar-refractivity contribution in [3.8, 4) is 34.3 Å². The molecule has 1 unspecified atom stereocenters. The summed E-state index contributed by atoms with van der Waals surface area (Å²) in [4.78, 5) is 12.8. The minimum Gasteiger partial charge on any atom is -0.507 e. The third kappa shape index (κ3) is 5.74. The summed E-state index contributed by atoms with van der Waals surface area (Å²) >= 11 is 0. The number of hydrogen-bond acceptors (Lipinski definition) is 15. The van der Waals surface area contributed by atoms with Crippen LogP contribution in [0.25, 0.3) is 22.3 Å². The molecule has 3 aromatic rings. The number of phenols is 2. The predicted molar refractivity (Wildman–Crippen MR) is 139 cm³/mol. The van der Waals surface area contributed by atoms with Gasteiger partial charge in [0.1, 0.15) is 71.0 Å². The molecule has 0 spiro atoms. The normalized spacial score (nSPS) is 31.6. The van der Waals surface area contributed by atoms with E-state index in [0.717, 1.165) is 12.1 Å². The van der Waals surface area contributed by atoms with Gasteiger partial charge in [-0.2, -0.15) is 0 Å². The Labute approximate surface area is 236 Å². The molecule has 2 aliphatic heterocycles. The summed E-state index contributed by atoms with van der Waals surface area (Å²) in [7, 11) is 1.38. The van der Waals surface area contributed by atoms with Crippen molar-refractivity contribution >= 4 is 11.0 Å². The van der Waals surface area contributed by atoms with E-state index in [4.69, 9.17) is 28.1 Å². The van der Waals surface area contributed by atoms with Crippen LogP contribution in [0.4, 0.5) is 0 Å². The molecule has 2 fully saturated rings. The van der Waals surface area contributed by atoms with E-state index >= 15 is 0 Å². The van der Waals surface area contributed by atoms with E-state index in [2.05, 4.69) is 0 Å². The molecule has 2 aliphatic rings. The van der Waals surface area contributed by atoms with Crippen molar-refractivity contribution in [3.63, 3.8) is 0 Å². The van der Waals surface area contributed by atoms with Crippen LogP contribution in [-0.4, -0.2) is 116 Å². The molecule has 2 saturated heterocycles. The van der Waals surface area contributed by atoms with Gasteiger partial charge in [-0.05, 0) is 18.2 Å². The van der Waals surface area contributed by atoms with Crippen LogP contribution in [0.5, 0.6) is 23.0 Å². The molecule has 0 aliphatic carbocycles. The Morgan fingerprint density at radius 3 is 2.31 bits per heavy atom. The molecule has 228 valence electrons. The molecule has 0 amide bonds. The van der Waals surface area contributed by atoms with Crippen LogP contribution in [0, 0.1) is 0 Å². The van der Waals surface area contributed by atoms with Crippen molar-refractivity contribution in [2.45, 2.75) is 55.3 Å². The lowest BCUT2D eigenvalue weighted by Gasteiger charge is -2.41. The van der Waals surface area contributed by atoms with Gasteiger partial charge in [-0.1, -0.05) is 0 Å². The SMILES string of the molecule is COc1ccc(-c2cc(=O)c3c(O)cc(O[C@@H]4O[C@H](COC5OC[C@@H](O)[C@H](O)[C@H]5O)[C@@H](O)[C@H](O)[C@H]4O)cc3o2)cc1O. The largest absolute Gasteiger partial charge is 0.507 e. The lowest BCUT2D eigenvalue weighted by Crippen LogP contribution is -2.61. The van der Waals surface area contributed by atoms with Crippen LogP contribution in [0.2, 0.25) is 0 Å². The van der Waals surface area contributed by atoms with Crippen molar-refractivity contribution < 1.29 is 69.0 Å².